The molecule has 0 amide bonds. The van der Waals surface area contributed by atoms with Gasteiger partial charge in [0.25, 0.3) is 0 Å². The van der Waals surface area contributed by atoms with Gasteiger partial charge in [-0.3, -0.25) is 9.38 Å². The van der Waals surface area contributed by atoms with Crippen LogP contribution in [0.4, 0.5) is 0 Å². The molecule has 0 aliphatic heterocycles. The fraction of sp³-hybridized carbons (Fsp3) is 0.375. The van der Waals surface area contributed by atoms with Gasteiger partial charge in [0.15, 0.2) is 11.5 Å². The van der Waals surface area contributed by atoms with E-state index in [4.69, 9.17) is 10.8 Å². The molecular weight excluding hydrogens is 182 g/mol. The summed E-state index contributed by atoms with van der Waals surface area (Å²) in [5.41, 5.74) is 5.58. The smallest absolute Gasteiger partial charge is 0.179 e. The van der Waals surface area contributed by atoms with Gasteiger partial charge in [-0.2, -0.15) is 0 Å². The molecule has 1 atom stereocenters. The number of nitrogens with two attached hydrogens (primary N) is 1. The predicted octanol–water partition coefficient (Wildman–Crippen LogP) is -0.710. The van der Waals surface area contributed by atoms with Crippen molar-refractivity contribution in [1.82, 2.24) is 19.6 Å². The van der Waals surface area contributed by atoms with E-state index < -0.39 is 5.54 Å². The zero-order valence-corrected chi connectivity index (χ0v) is 7.75. The molecule has 0 radical (unpaired) electrons. The molecule has 14 heavy (non-hydrogen) atoms. The van der Waals surface area contributed by atoms with Crippen LogP contribution in [-0.4, -0.2) is 31.3 Å². The Morgan fingerprint density at radius 2 is 2.36 bits per heavy atom. The number of aliphatic hydroxyl groups excluding tert-OH is 1. The number of rotatable bonds is 2. The third kappa shape index (κ3) is 1.24. The van der Waals surface area contributed by atoms with Crippen molar-refractivity contribution < 1.29 is 5.11 Å². The molecule has 6 heteroatoms. The van der Waals surface area contributed by atoms with Gasteiger partial charge in [0.2, 0.25) is 0 Å². The Morgan fingerprint density at radius 1 is 1.57 bits per heavy atom. The second-order valence-corrected chi connectivity index (χ2v) is 3.40. The molecule has 2 rings (SSSR count). The van der Waals surface area contributed by atoms with E-state index in [1.807, 2.05) is 0 Å². The maximum atomic E-state index is 9.10. The highest BCUT2D eigenvalue weighted by Crippen LogP contribution is 2.14. The molecule has 1 unspecified atom stereocenters. The zero-order chi connectivity index (χ0) is 10.2. The van der Waals surface area contributed by atoms with Crippen LogP contribution in [0.25, 0.3) is 5.65 Å². The van der Waals surface area contributed by atoms with Crippen LogP contribution in [0.15, 0.2) is 18.6 Å². The molecule has 0 spiro atoms. The van der Waals surface area contributed by atoms with Crippen LogP contribution in [0, 0.1) is 0 Å². The summed E-state index contributed by atoms with van der Waals surface area (Å²) in [6.07, 6.45) is 4.92. The largest absolute Gasteiger partial charge is 0.394 e. The molecular formula is C8H11N5O. The fourth-order valence-electron chi connectivity index (χ4n) is 1.21. The lowest BCUT2D eigenvalue weighted by Gasteiger charge is -2.18. The van der Waals surface area contributed by atoms with Gasteiger partial charge in [-0.25, -0.2) is 0 Å². The van der Waals surface area contributed by atoms with Gasteiger partial charge < -0.3 is 10.8 Å². The Hall–Kier alpha value is -1.53. The highest BCUT2D eigenvalue weighted by molar-refractivity contribution is 5.35. The summed E-state index contributed by atoms with van der Waals surface area (Å²) in [5.74, 6) is 0.525. The van der Waals surface area contributed by atoms with Crippen LogP contribution >= 0.6 is 0 Å². The minimum atomic E-state index is -0.888. The first-order valence-electron chi connectivity index (χ1n) is 4.20. The van der Waals surface area contributed by atoms with Crippen LogP contribution in [0.1, 0.15) is 12.7 Å². The molecule has 0 aromatic carbocycles. The van der Waals surface area contributed by atoms with Crippen LogP contribution in [0.3, 0.4) is 0 Å². The fourth-order valence-corrected chi connectivity index (χ4v) is 1.21. The lowest BCUT2D eigenvalue weighted by molar-refractivity contribution is 0.202. The number of fused-ring (bicyclic) bond motifs is 1. The van der Waals surface area contributed by atoms with Crippen molar-refractivity contribution in [2.45, 2.75) is 12.5 Å². The molecule has 0 bridgehead atoms. The number of hydrogen-bond acceptors (Lipinski definition) is 5. The van der Waals surface area contributed by atoms with E-state index in [9.17, 15) is 0 Å². The van der Waals surface area contributed by atoms with Gasteiger partial charge in [0.05, 0.1) is 18.3 Å². The van der Waals surface area contributed by atoms with Crippen LogP contribution in [-0.2, 0) is 5.54 Å². The Bertz CT molecular complexity index is 450. The Morgan fingerprint density at radius 3 is 3.07 bits per heavy atom. The molecule has 3 N–H and O–H groups in total. The Labute approximate surface area is 80.4 Å². The normalized spacial score (nSPS) is 15.6. The van der Waals surface area contributed by atoms with Crippen LogP contribution in [0.2, 0.25) is 0 Å². The second-order valence-electron chi connectivity index (χ2n) is 3.40. The van der Waals surface area contributed by atoms with Gasteiger partial charge >= 0.3 is 0 Å². The van der Waals surface area contributed by atoms with Crippen molar-refractivity contribution in [1.29, 1.82) is 0 Å². The second kappa shape index (κ2) is 3.00. The summed E-state index contributed by atoms with van der Waals surface area (Å²) >= 11 is 0. The standard InChI is InChI=1S/C8H11N5O/c1-8(9,5-14)7-12-11-6-4-10-2-3-13(6)7/h2-4,14H,5,9H2,1H3. The molecule has 2 aromatic heterocycles. The molecule has 0 saturated carbocycles. The molecule has 0 saturated heterocycles. The predicted molar refractivity (Wildman–Crippen MR) is 49.4 cm³/mol. The molecule has 0 aliphatic rings. The first kappa shape index (κ1) is 9.04. The van der Waals surface area contributed by atoms with E-state index in [0.29, 0.717) is 11.5 Å². The summed E-state index contributed by atoms with van der Waals surface area (Å²) in [6.45, 7) is 1.51. The average molecular weight is 193 g/mol. The van der Waals surface area contributed by atoms with E-state index in [1.165, 1.54) is 0 Å². The zero-order valence-electron chi connectivity index (χ0n) is 7.75. The van der Waals surface area contributed by atoms with Crippen LogP contribution < -0.4 is 5.73 Å². The quantitative estimate of drug-likeness (QED) is 0.657. The highest BCUT2D eigenvalue weighted by Gasteiger charge is 2.26. The lowest BCUT2D eigenvalue weighted by atomic mass is 10.1. The van der Waals surface area contributed by atoms with Crippen molar-refractivity contribution in [3.05, 3.63) is 24.4 Å². The summed E-state index contributed by atoms with van der Waals surface area (Å²) in [6, 6.07) is 0. The number of aromatic nitrogens is 4. The lowest BCUT2D eigenvalue weighted by Crippen LogP contribution is -2.39. The topological polar surface area (TPSA) is 89.3 Å². The summed E-state index contributed by atoms with van der Waals surface area (Å²) in [7, 11) is 0. The monoisotopic (exact) mass is 193 g/mol. The third-order valence-electron chi connectivity index (χ3n) is 2.05. The molecule has 0 fully saturated rings. The van der Waals surface area contributed by atoms with Crippen LogP contribution in [0.5, 0.6) is 0 Å². The van der Waals surface area contributed by atoms with E-state index in [2.05, 4.69) is 15.2 Å². The highest BCUT2D eigenvalue weighted by atomic mass is 16.3. The van der Waals surface area contributed by atoms with Gasteiger partial charge in [0.1, 0.15) is 0 Å². The summed E-state index contributed by atoms with van der Waals surface area (Å²) in [4.78, 5) is 3.91. The molecule has 6 nitrogen and oxygen atoms in total. The number of aliphatic hydroxyl groups is 1. The van der Waals surface area contributed by atoms with E-state index in [1.54, 1.807) is 29.9 Å². The minimum Gasteiger partial charge on any atom is -0.394 e. The van der Waals surface area contributed by atoms with E-state index in [0.717, 1.165) is 0 Å². The third-order valence-corrected chi connectivity index (χ3v) is 2.05. The van der Waals surface area contributed by atoms with E-state index >= 15 is 0 Å². The first-order chi connectivity index (χ1) is 6.65. The van der Waals surface area contributed by atoms with E-state index in [-0.39, 0.29) is 6.61 Å². The molecule has 0 aliphatic carbocycles. The van der Waals surface area contributed by atoms with Gasteiger partial charge in [-0.15, -0.1) is 10.2 Å². The van der Waals surface area contributed by atoms with Crippen molar-refractivity contribution in [3.8, 4) is 0 Å². The molecule has 2 heterocycles. The minimum absolute atomic E-state index is 0.184. The van der Waals surface area contributed by atoms with Crippen molar-refractivity contribution in [3.63, 3.8) is 0 Å². The maximum absolute atomic E-state index is 9.10. The summed E-state index contributed by atoms with van der Waals surface area (Å²) in [5, 5.41) is 16.9. The SMILES string of the molecule is CC(N)(CO)c1nnc2cnccn12. The van der Waals surface area contributed by atoms with Gasteiger partial charge in [0, 0.05) is 12.4 Å². The first-order valence-corrected chi connectivity index (χ1v) is 4.20. The Balaban J connectivity index is 2.64. The number of hydrogen-bond donors (Lipinski definition) is 2. The van der Waals surface area contributed by atoms with Crippen molar-refractivity contribution in [2.75, 3.05) is 6.61 Å². The maximum Gasteiger partial charge on any atom is 0.179 e. The summed E-state index contributed by atoms with van der Waals surface area (Å²) < 4.78 is 1.71. The molecule has 74 valence electrons. The van der Waals surface area contributed by atoms with Crippen molar-refractivity contribution in [2.24, 2.45) is 5.73 Å². The van der Waals surface area contributed by atoms with Crippen molar-refractivity contribution >= 4 is 5.65 Å². The number of nitrogens with zero attached hydrogens (tertiary/aromatic N) is 4. The average Bonchev–Trinajstić information content (AvgIpc) is 2.61. The van der Waals surface area contributed by atoms with Gasteiger partial charge in [-0.05, 0) is 6.92 Å². The molecule has 2 aromatic rings. The van der Waals surface area contributed by atoms with Gasteiger partial charge in [-0.1, -0.05) is 0 Å². The Kier molecular flexibility index (Phi) is 1.94.